The minimum absolute atomic E-state index is 0.0887. The molecule has 9 heteroatoms. The van der Waals surface area contributed by atoms with Crippen molar-refractivity contribution in [1.82, 2.24) is 24.1 Å². The molecule has 0 N–H and O–H groups in total. The maximum atomic E-state index is 12.6. The number of ether oxygens (including phenoxy) is 1. The Morgan fingerprint density at radius 3 is 2.75 bits per heavy atom. The first kappa shape index (κ1) is 20.5. The van der Waals surface area contributed by atoms with E-state index in [1.807, 2.05) is 71.5 Å². The Bertz CT molecular complexity index is 1460. The molecule has 0 fully saturated rings. The highest BCUT2D eigenvalue weighted by molar-refractivity contribution is 7.98. The highest BCUT2D eigenvalue weighted by atomic mass is 32.2. The molecule has 0 aliphatic rings. The number of pyridine rings is 1. The van der Waals surface area contributed by atoms with Crippen LogP contribution >= 0.6 is 23.1 Å². The summed E-state index contributed by atoms with van der Waals surface area (Å²) in [5.74, 6) is 1.95. The number of aromatic nitrogens is 5. The molecule has 0 saturated heterocycles. The predicted octanol–water partition coefficient (Wildman–Crippen LogP) is 4.61. The van der Waals surface area contributed by atoms with Gasteiger partial charge in [-0.1, -0.05) is 36.0 Å². The molecule has 5 aromatic rings. The van der Waals surface area contributed by atoms with Gasteiger partial charge in [-0.3, -0.25) is 13.8 Å². The van der Waals surface area contributed by atoms with Crippen LogP contribution in [0.2, 0.25) is 0 Å². The minimum atomic E-state index is -0.0887. The lowest BCUT2D eigenvalue weighted by Gasteiger charge is -2.13. The van der Waals surface area contributed by atoms with Gasteiger partial charge in [-0.25, -0.2) is 4.98 Å². The van der Waals surface area contributed by atoms with Crippen molar-refractivity contribution in [2.24, 2.45) is 0 Å². The van der Waals surface area contributed by atoms with Gasteiger partial charge in [0.2, 0.25) is 0 Å². The zero-order valence-electron chi connectivity index (χ0n) is 17.4. The number of fused-ring (bicyclic) bond motifs is 1. The van der Waals surface area contributed by atoms with Crippen LogP contribution in [0.25, 0.3) is 22.0 Å². The smallest absolute Gasteiger partial charge is 0.258 e. The summed E-state index contributed by atoms with van der Waals surface area (Å²) in [6.45, 7) is 1.90. The Labute approximate surface area is 192 Å². The number of hydrogen-bond acceptors (Lipinski definition) is 7. The molecule has 1 aromatic carbocycles. The highest BCUT2D eigenvalue weighted by Crippen LogP contribution is 2.34. The summed E-state index contributed by atoms with van der Waals surface area (Å²) in [5.41, 5.74) is 2.95. The third-order valence-corrected chi connectivity index (χ3v) is 6.81. The fourth-order valence-corrected chi connectivity index (χ4v) is 5.07. The topological polar surface area (TPSA) is 74.3 Å². The van der Waals surface area contributed by atoms with Crippen LogP contribution in [0.4, 0.5) is 0 Å². The van der Waals surface area contributed by atoms with Crippen LogP contribution < -0.4 is 10.3 Å². The Balaban J connectivity index is 1.55. The molecule has 0 aliphatic heterocycles. The Morgan fingerprint density at radius 2 is 1.94 bits per heavy atom. The molecule has 4 aromatic heterocycles. The minimum Gasteiger partial charge on any atom is -0.495 e. The molecule has 0 saturated carbocycles. The van der Waals surface area contributed by atoms with E-state index < -0.39 is 0 Å². The first-order valence-corrected chi connectivity index (χ1v) is 11.8. The molecule has 0 unspecified atom stereocenters. The number of para-hydroxylation sites is 2. The predicted molar refractivity (Wildman–Crippen MR) is 127 cm³/mol. The van der Waals surface area contributed by atoms with Gasteiger partial charge < -0.3 is 4.74 Å². The Kier molecular flexibility index (Phi) is 5.50. The maximum Gasteiger partial charge on any atom is 0.258 e. The van der Waals surface area contributed by atoms with Crippen LogP contribution in [0.3, 0.4) is 0 Å². The van der Waals surface area contributed by atoms with Crippen molar-refractivity contribution in [3.05, 3.63) is 87.8 Å². The SMILES string of the molecule is COc1ccccc1-n1c(SCc2cc(=O)n3c(C)cccc3n2)nnc1-c1cccs1. The zero-order chi connectivity index (χ0) is 22.1. The van der Waals surface area contributed by atoms with E-state index in [1.54, 1.807) is 28.9 Å². The van der Waals surface area contributed by atoms with E-state index in [4.69, 9.17) is 4.74 Å². The molecule has 0 amide bonds. The van der Waals surface area contributed by atoms with Crippen molar-refractivity contribution in [1.29, 1.82) is 0 Å². The number of aryl methyl sites for hydroxylation is 1. The third-order valence-electron chi connectivity index (χ3n) is 4.98. The molecular weight excluding hydrogens is 442 g/mol. The van der Waals surface area contributed by atoms with Crippen molar-refractivity contribution >= 4 is 28.7 Å². The van der Waals surface area contributed by atoms with Crippen LogP contribution in [0.15, 0.2) is 76.0 Å². The van der Waals surface area contributed by atoms with Gasteiger partial charge in [0.1, 0.15) is 11.4 Å². The molecule has 7 nitrogen and oxygen atoms in total. The van der Waals surface area contributed by atoms with E-state index in [0.717, 1.165) is 27.8 Å². The molecule has 4 heterocycles. The van der Waals surface area contributed by atoms with Crippen molar-refractivity contribution in [3.8, 4) is 22.1 Å². The van der Waals surface area contributed by atoms with Gasteiger partial charge in [0.15, 0.2) is 11.0 Å². The number of methoxy groups -OCH3 is 1. The van der Waals surface area contributed by atoms with Gasteiger partial charge in [0, 0.05) is 17.5 Å². The summed E-state index contributed by atoms with van der Waals surface area (Å²) >= 11 is 3.08. The van der Waals surface area contributed by atoms with Gasteiger partial charge in [-0.15, -0.1) is 21.5 Å². The molecular formula is C23H19N5O2S2. The van der Waals surface area contributed by atoms with Crippen molar-refractivity contribution in [2.75, 3.05) is 7.11 Å². The number of thioether (sulfide) groups is 1. The van der Waals surface area contributed by atoms with E-state index in [0.29, 0.717) is 22.3 Å². The fourth-order valence-electron chi connectivity index (χ4n) is 3.54. The molecule has 160 valence electrons. The van der Waals surface area contributed by atoms with Crippen LogP contribution in [0, 0.1) is 6.92 Å². The second-order valence-corrected chi connectivity index (χ2v) is 8.92. The first-order valence-electron chi connectivity index (χ1n) is 9.89. The fraction of sp³-hybridized carbons (Fsp3) is 0.130. The summed E-state index contributed by atoms with van der Waals surface area (Å²) in [7, 11) is 1.65. The molecule has 0 bridgehead atoms. The van der Waals surface area contributed by atoms with Crippen LogP contribution in [-0.4, -0.2) is 31.3 Å². The van der Waals surface area contributed by atoms with E-state index >= 15 is 0 Å². The van der Waals surface area contributed by atoms with Crippen molar-refractivity contribution in [2.45, 2.75) is 17.8 Å². The summed E-state index contributed by atoms with van der Waals surface area (Å²) < 4.78 is 9.20. The lowest BCUT2D eigenvalue weighted by Crippen LogP contribution is -2.17. The zero-order valence-corrected chi connectivity index (χ0v) is 19.1. The van der Waals surface area contributed by atoms with Gasteiger partial charge in [0.25, 0.3) is 5.56 Å². The summed E-state index contributed by atoms with van der Waals surface area (Å²) in [4.78, 5) is 18.3. The van der Waals surface area contributed by atoms with Gasteiger partial charge >= 0.3 is 0 Å². The van der Waals surface area contributed by atoms with Gasteiger partial charge in [-0.2, -0.15) is 0 Å². The standard InChI is InChI=1S/C23H19N5O2S2/c1-15-7-5-11-20-24-16(13-21(29)27(15)20)14-32-23-26-25-22(19-10-6-12-31-19)28(23)17-8-3-4-9-18(17)30-2/h3-13H,14H2,1-2H3. The first-order chi connectivity index (χ1) is 15.7. The monoisotopic (exact) mass is 461 g/mol. The van der Waals surface area contributed by atoms with E-state index in [-0.39, 0.29) is 5.56 Å². The van der Waals surface area contributed by atoms with Crippen LogP contribution in [0.5, 0.6) is 5.75 Å². The van der Waals surface area contributed by atoms with Crippen molar-refractivity contribution < 1.29 is 4.74 Å². The second kappa shape index (κ2) is 8.60. The molecule has 0 spiro atoms. The van der Waals surface area contributed by atoms with Gasteiger partial charge in [-0.05, 0) is 42.6 Å². The number of hydrogen-bond donors (Lipinski definition) is 0. The second-order valence-electron chi connectivity index (χ2n) is 7.03. The van der Waals surface area contributed by atoms with Crippen LogP contribution in [0.1, 0.15) is 11.4 Å². The largest absolute Gasteiger partial charge is 0.495 e. The molecule has 32 heavy (non-hydrogen) atoms. The Morgan fingerprint density at radius 1 is 1.06 bits per heavy atom. The number of benzene rings is 1. The summed E-state index contributed by atoms with van der Waals surface area (Å²) in [6.07, 6.45) is 0. The summed E-state index contributed by atoms with van der Waals surface area (Å²) in [6, 6.07) is 19.0. The third kappa shape index (κ3) is 3.69. The highest BCUT2D eigenvalue weighted by Gasteiger charge is 2.20. The number of thiophene rings is 1. The molecule has 0 radical (unpaired) electrons. The Hall–Kier alpha value is -3.43. The van der Waals surface area contributed by atoms with E-state index in [2.05, 4.69) is 15.2 Å². The van der Waals surface area contributed by atoms with Gasteiger partial charge in [0.05, 0.1) is 23.4 Å². The van der Waals surface area contributed by atoms with E-state index in [9.17, 15) is 4.79 Å². The average Bonchev–Trinajstić information content (AvgIpc) is 3.47. The van der Waals surface area contributed by atoms with Crippen LogP contribution in [-0.2, 0) is 5.75 Å². The maximum absolute atomic E-state index is 12.6. The van der Waals surface area contributed by atoms with Crippen molar-refractivity contribution in [3.63, 3.8) is 0 Å². The van der Waals surface area contributed by atoms with E-state index in [1.165, 1.54) is 11.8 Å². The number of nitrogens with zero attached hydrogens (tertiary/aromatic N) is 5. The number of rotatable bonds is 6. The lowest BCUT2D eigenvalue weighted by atomic mass is 10.3. The normalized spacial score (nSPS) is 11.2. The molecule has 0 aliphatic carbocycles. The lowest BCUT2D eigenvalue weighted by molar-refractivity contribution is 0.412. The average molecular weight is 462 g/mol. The summed E-state index contributed by atoms with van der Waals surface area (Å²) in [5, 5.41) is 11.6. The molecule has 5 rings (SSSR count). The molecule has 0 atom stereocenters. The quantitative estimate of drug-likeness (QED) is 0.344.